The van der Waals surface area contributed by atoms with E-state index in [1.807, 2.05) is 13.8 Å². The highest BCUT2D eigenvalue weighted by Crippen LogP contribution is 2.28. The van der Waals surface area contributed by atoms with Gasteiger partial charge in [0.05, 0.1) is 6.07 Å². The van der Waals surface area contributed by atoms with Crippen molar-refractivity contribution in [1.82, 2.24) is 0 Å². The van der Waals surface area contributed by atoms with Crippen LogP contribution in [0.3, 0.4) is 0 Å². The van der Waals surface area contributed by atoms with E-state index in [1.165, 1.54) is 0 Å². The maximum absolute atomic E-state index is 8.63. The molecule has 0 saturated heterocycles. The molecule has 1 atom stereocenters. The van der Waals surface area contributed by atoms with Gasteiger partial charge < -0.3 is 0 Å². The van der Waals surface area contributed by atoms with Gasteiger partial charge in [0.25, 0.3) is 0 Å². The second-order valence-electron chi connectivity index (χ2n) is 2.26. The largest absolute Gasteiger partial charge is 0.197 e. The number of rotatable bonds is 2. The van der Waals surface area contributed by atoms with Crippen LogP contribution in [0.4, 0.5) is 0 Å². The van der Waals surface area contributed by atoms with Crippen LogP contribution in [0.15, 0.2) is 0 Å². The Morgan fingerprint density at radius 1 is 1.67 bits per heavy atom. The smallest absolute Gasteiger partial charge is 0.124 e. The van der Waals surface area contributed by atoms with Crippen LogP contribution in [0, 0.1) is 17.2 Å². The van der Waals surface area contributed by atoms with E-state index in [4.69, 9.17) is 5.26 Å². The van der Waals surface area contributed by atoms with E-state index in [9.17, 15) is 0 Å². The van der Waals surface area contributed by atoms with Crippen molar-refractivity contribution in [3.63, 3.8) is 0 Å². The Labute approximate surface area is 72.7 Å². The Bertz CT molecular complexity index is 128. The number of alkyl halides is 2. The topological polar surface area (TPSA) is 23.8 Å². The Morgan fingerprint density at radius 2 is 2.11 bits per heavy atom. The molecule has 0 aliphatic heterocycles. The van der Waals surface area contributed by atoms with Crippen LogP contribution >= 0.6 is 31.9 Å². The average molecular weight is 255 g/mol. The lowest BCUT2D eigenvalue weighted by atomic mass is 10.00. The molecule has 0 aliphatic carbocycles. The van der Waals surface area contributed by atoms with Gasteiger partial charge in [-0.05, 0) is 5.92 Å². The third-order valence-electron chi connectivity index (χ3n) is 1.30. The Hall–Kier alpha value is 0.450. The van der Waals surface area contributed by atoms with E-state index >= 15 is 0 Å². The first-order valence-electron chi connectivity index (χ1n) is 2.73. The molecule has 0 amide bonds. The Kier molecular flexibility index (Phi) is 3.76. The van der Waals surface area contributed by atoms with Gasteiger partial charge in [0, 0.05) is 5.33 Å². The first-order chi connectivity index (χ1) is 4.06. The molecule has 1 nitrogen and oxygen atoms in total. The maximum Gasteiger partial charge on any atom is 0.124 e. The summed E-state index contributed by atoms with van der Waals surface area (Å²) in [6.45, 7) is 4.03. The molecule has 0 bridgehead atoms. The zero-order valence-electron chi connectivity index (χ0n) is 5.49. The van der Waals surface area contributed by atoms with E-state index in [0.717, 1.165) is 0 Å². The molecule has 0 heterocycles. The summed E-state index contributed by atoms with van der Waals surface area (Å²) in [6, 6.07) is 2.20. The minimum absolute atomic E-state index is 0.335. The standard InChI is InChI=1S/C6H9Br2N/c1-5(2)6(8,3-7)4-9/h5H,3H2,1-2H3. The highest BCUT2D eigenvalue weighted by Gasteiger charge is 2.28. The Balaban J connectivity index is 4.14. The van der Waals surface area contributed by atoms with E-state index < -0.39 is 0 Å². The molecule has 0 aromatic carbocycles. The van der Waals surface area contributed by atoms with Crippen molar-refractivity contribution >= 4 is 31.9 Å². The van der Waals surface area contributed by atoms with Gasteiger partial charge in [0.1, 0.15) is 4.32 Å². The zero-order valence-corrected chi connectivity index (χ0v) is 8.66. The van der Waals surface area contributed by atoms with Crippen molar-refractivity contribution in [2.24, 2.45) is 5.92 Å². The van der Waals surface area contributed by atoms with Gasteiger partial charge in [-0.2, -0.15) is 5.26 Å². The quantitative estimate of drug-likeness (QED) is 0.696. The molecular weight excluding hydrogens is 246 g/mol. The lowest BCUT2D eigenvalue weighted by molar-refractivity contribution is 0.576. The van der Waals surface area contributed by atoms with Crippen molar-refractivity contribution in [2.45, 2.75) is 18.2 Å². The zero-order chi connectivity index (χ0) is 7.49. The minimum Gasteiger partial charge on any atom is -0.197 e. The predicted octanol–water partition coefficient (Wildman–Crippen LogP) is 2.69. The van der Waals surface area contributed by atoms with Crippen molar-refractivity contribution in [3.8, 4) is 6.07 Å². The van der Waals surface area contributed by atoms with Crippen LogP contribution in [0.2, 0.25) is 0 Å². The normalized spacial score (nSPS) is 16.9. The SMILES string of the molecule is CC(C)C(Br)(C#N)CBr. The van der Waals surface area contributed by atoms with Gasteiger partial charge in [0.2, 0.25) is 0 Å². The van der Waals surface area contributed by atoms with Crippen LogP contribution in [0.25, 0.3) is 0 Å². The van der Waals surface area contributed by atoms with Crippen LogP contribution in [0.1, 0.15) is 13.8 Å². The molecule has 0 spiro atoms. The predicted molar refractivity (Wildman–Crippen MR) is 45.9 cm³/mol. The molecule has 0 N–H and O–H groups in total. The number of halogens is 2. The molecule has 0 radical (unpaired) electrons. The van der Waals surface area contributed by atoms with Crippen molar-refractivity contribution in [2.75, 3.05) is 5.33 Å². The number of nitriles is 1. The molecule has 0 fully saturated rings. The molecule has 9 heavy (non-hydrogen) atoms. The molecule has 0 aromatic rings. The monoisotopic (exact) mass is 253 g/mol. The summed E-state index contributed by atoms with van der Waals surface area (Å²) in [5, 5.41) is 9.30. The molecule has 0 saturated carbocycles. The van der Waals surface area contributed by atoms with Gasteiger partial charge in [-0.25, -0.2) is 0 Å². The number of hydrogen-bond acceptors (Lipinski definition) is 1. The van der Waals surface area contributed by atoms with Crippen LogP contribution in [-0.4, -0.2) is 9.65 Å². The fraction of sp³-hybridized carbons (Fsp3) is 0.833. The summed E-state index contributed by atoms with van der Waals surface area (Å²) in [7, 11) is 0. The lowest BCUT2D eigenvalue weighted by Crippen LogP contribution is -2.27. The van der Waals surface area contributed by atoms with E-state index in [1.54, 1.807) is 0 Å². The first kappa shape index (κ1) is 9.45. The van der Waals surface area contributed by atoms with Crippen LogP contribution < -0.4 is 0 Å². The fourth-order valence-electron chi connectivity index (χ4n) is 0.313. The molecule has 0 aliphatic rings. The van der Waals surface area contributed by atoms with Crippen molar-refractivity contribution in [3.05, 3.63) is 0 Å². The third kappa shape index (κ3) is 2.27. The summed E-state index contributed by atoms with van der Waals surface area (Å²) in [5.41, 5.74) is 0. The maximum atomic E-state index is 8.63. The lowest BCUT2D eigenvalue weighted by Gasteiger charge is -2.19. The van der Waals surface area contributed by atoms with Gasteiger partial charge in [0.15, 0.2) is 0 Å². The summed E-state index contributed by atoms with van der Waals surface area (Å²) >= 11 is 6.60. The molecule has 52 valence electrons. The van der Waals surface area contributed by atoms with Crippen LogP contribution in [0.5, 0.6) is 0 Å². The molecule has 1 unspecified atom stereocenters. The van der Waals surface area contributed by atoms with Crippen LogP contribution in [-0.2, 0) is 0 Å². The first-order valence-corrected chi connectivity index (χ1v) is 4.64. The van der Waals surface area contributed by atoms with E-state index in [-0.39, 0.29) is 4.32 Å². The summed E-state index contributed by atoms with van der Waals surface area (Å²) < 4.78 is -0.382. The van der Waals surface area contributed by atoms with E-state index in [0.29, 0.717) is 11.2 Å². The van der Waals surface area contributed by atoms with Gasteiger partial charge >= 0.3 is 0 Å². The number of nitrogens with zero attached hydrogens (tertiary/aromatic N) is 1. The van der Waals surface area contributed by atoms with Crippen molar-refractivity contribution in [1.29, 1.82) is 5.26 Å². The van der Waals surface area contributed by atoms with Gasteiger partial charge in [-0.15, -0.1) is 0 Å². The molecule has 0 aromatic heterocycles. The second-order valence-corrected chi connectivity index (χ2v) is 4.24. The second kappa shape index (κ2) is 3.58. The summed E-state index contributed by atoms with van der Waals surface area (Å²) in [5.74, 6) is 0.335. The van der Waals surface area contributed by atoms with Crippen molar-refractivity contribution < 1.29 is 0 Å². The summed E-state index contributed by atoms with van der Waals surface area (Å²) in [4.78, 5) is 0. The molecule has 3 heteroatoms. The third-order valence-corrected chi connectivity index (χ3v) is 4.31. The highest BCUT2D eigenvalue weighted by molar-refractivity contribution is 9.12. The van der Waals surface area contributed by atoms with E-state index in [2.05, 4.69) is 37.9 Å². The average Bonchev–Trinajstić information content (AvgIpc) is 1.86. The fourth-order valence-corrected chi connectivity index (χ4v) is 1.09. The summed E-state index contributed by atoms with van der Waals surface area (Å²) in [6.07, 6.45) is 0. The molecular formula is C6H9Br2N. The molecule has 0 rings (SSSR count). The highest BCUT2D eigenvalue weighted by atomic mass is 79.9. The Morgan fingerprint density at radius 3 is 2.11 bits per heavy atom. The van der Waals surface area contributed by atoms with Gasteiger partial charge in [-0.1, -0.05) is 45.7 Å². The minimum atomic E-state index is -0.382. The number of hydrogen-bond donors (Lipinski definition) is 0. The van der Waals surface area contributed by atoms with Gasteiger partial charge in [-0.3, -0.25) is 0 Å².